The molecule has 21 heavy (non-hydrogen) atoms. The number of nitrogens with one attached hydrogen (secondary N) is 1. The Bertz CT molecular complexity index is 400. The molecule has 2 rings (SSSR count). The topological polar surface area (TPSA) is 69.7 Å². The predicted octanol–water partition coefficient (Wildman–Crippen LogP) is 0.577. The van der Waals surface area contributed by atoms with Crippen LogP contribution in [0, 0.1) is 11.8 Å². The minimum Gasteiger partial charge on any atom is -0.355 e. The summed E-state index contributed by atoms with van der Waals surface area (Å²) < 4.78 is 0. The molecule has 2 aliphatic rings. The van der Waals surface area contributed by atoms with Crippen LogP contribution in [0.5, 0.6) is 0 Å². The first-order chi connectivity index (χ1) is 10.0. The van der Waals surface area contributed by atoms with Crippen LogP contribution in [0.4, 0.5) is 0 Å². The maximum absolute atomic E-state index is 12.3. The van der Waals surface area contributed by atoms with Gasteiger partial charge in [0.2, 0.25) is 17.7 Å². The minimum atomic E-state index is -0.117. The second kappa shape index (κ2) is 7.02. The second-order valence-electron chi connectivity index (χ2n) is 6.11. The van der Waals surface area contributed by atoms with Gasteiger partial charge in [-0.25, -0.2) is 0 Å². The number of carbonyl (C=O) groups excluding carboxylic acids is 3. The first kappa shape index (κ1) is 15.9. The molecule has 0 aromatic carbocycles. The van der Waals surface area contributed by atoms with E-state index in [0.29, 0.717) is 6.54 Å². The molecule has 2 fully saturated rings. The van der Waals surface area contributed by atoms with Crippen molar-refractivity contribution in [2.24, 2.45) is 11.8 Å². The molecule has 1 N–H and O–H groups in total. The highest BCUT2D eigenvalue weighted by atomic mass is 16.2. The average molecular weight is 295 g/mol. The van der Waals surface area contributed by atoms with E-state index in [0.717, 1.165) is 32.1 Å². The van der Waals surface area contributed by atoms with Gasteiger partial charge in [0.25, 0.3) is 0 Å². The van der Waals surface area contributed by atoms with Gasteiger partial charge in [-0.2, -0.15) is 0 Å². The molecule has 6 heteroatoms. The summed E-state index contributed by atoms with van der Waals surface area (Å²) in [6, 6.07) is 0. The fourth-order valence-corrected chi connectivity index (χ4v) is 3.23. The number of likely N-dealkylation sites (tertiary alicyclic amines) is 1. The number of amides is 3. The van der Waals surface area contributed by atoms with Gasteiger partial charge in [-0.15, -0.1) is 0 Å². The predicted molar refractivity (Wildman–Crippen MR) is 78.1 cm³/mol. The first-order valence-electron chi connectivity index (χ1n) is 7.85. The molecule has 1 saturated heterocycles. The maximum atomic E-state index is 12.3. The number of rotatable bonds is 6. The summed E-state index contributed by atoms with van der Waals surface area (Å²) in [6.07, 6.45) is 4.60. The minimum absolute atomic E-state index is 0.0504. The fourth-order valence-electron chi connectivity index (χ4n) is 3.23. The molecule has 1 heterocycles. The zero-order valence-corrected chi connectivity index (χ0v) is 12.9. The highest BCUT2D eigenvalue weighted by molar-refractivity contribution is 6.05. The first-order valence-corrected chi connectivity index (χ1v) is 7.85. The number of nitrogens with zero attached hydrogens (tertiary/aromatic N) is 2. The summed E-state index contributed by atoms with van der Waals surface area (Å²) in [7, 11) is 1.76. The van der Waals surface area contributed by atoms with Crippen LogP contribution in [0.2, 0.25) is 0 Å². The molecule has 118 valence electrons. The Kier molecular flexibility index (Phi) is 5.33. The normalized spacial score (nSPS) is 25.4. The Morgan fingerprint density at radius 2 is 1.81 bits per heavy atom. The number of likely N-dealkylation sites (N-methyl/N-ethyl adjacent to an activating group) is 1. The molecule has 3 amide bonds. The summed E-state index contributed by atoms with van der Waals surface area (Å²) in [5.74, 6) is -0.408. The number of carbonyl (C=O) groups is 3. The molecule has 0 unspecified atom stereocenters. The average Bonchev–Trinajstić information content (AvgIpc) is 2.71. The van der Waals surface area contributed by atoms with E-state index in [2.05, 4.69) is 5.32 Å². The van der Waals surface area contributed by atoms with E-state index < -0.39 is 0 Å². The molecule has 0 spiro atoms. The lowest BCUT2D eigenvalue weighted by Crippen LogP contribution is -2.44. The number of fused-ring (bicyclic) bond motifs is 1. The molecule has 1 saturated carbocycles. The van der Waals surface area contributed by atoms with Crippen molar-refractivity contribution < 1.29 is 14.4 Å². The van der Waals surface area contributed by atoms with Crippen molar-refractivity contribution in [2.45, 2.75) is 39.0 Å². The van der Waals surface area contributed by atoms with Crippen LogP contribution < -0.4 is 5.32 Å². The van der Waals surface area contributed by atoms with Crippen LogP contribution in [0.1, 0.15) is 39.0 Å². The number of imide groups is 1. The van der Waals surface area contributed by atoms with Crippen LogP contribution >= 0.6 is 0 Å². The Balaban J connectivity index is 1.88. The Hall–Kier alpha value is -1.43. The van der Waals surface area contributed by atoms with Gasteiger partial charge in [0, 0.05) is 6.54 Å². The van der Waals surface area contributed by atoms with Crippen molar-refractivity contribution in [3.8, 4) is 0 Å². The van der Waals surface area contributed by atoms with Gasteiger partial charge in [-0.05, 0) is 26.3 Å². The van der Waals surface area contributed by atoms with E-state index in [1.54, 1.807) is 11.9 Å². The Morgan fingerprint density at radius 1 is 1.24 bits per heavy atom. The molecule has 0 radical (unpaired) electrons. The fraction of sp³-hybridized carbons (Fsp3) is 0.800. The summed E-state index contributed by atoms with van der Waals surface area (Å²) in [4.78, 5) is 39.4. The Morgan fingerprint density at radius 3 is 2.33 bits per heavy atom. The van der Waals surface area contributed by atoms with Gasteiger partial charge >= 0.3 is 0 Å². The van der Waals surface area contributed by atoms with Crippen molar-refractivity contribution in [1.82, 2.24) is 15.1 Å². The molecule has 0 aromatic rings. The lowest BCUT2D eigenvalue weighted by atomic mass is 9.81. The van der Waals surface area contributed by atoms with Crippen molar-refractivity contribution >= 4 is 17.7 Å². The summed E-state index contributed by atoms with van der Waals surface area (Å²) in [6.45, 7) is 3.06. The van der Waals surface area contributed by atoms with E-state index in [-0.39, 0.29) is 42.8 Å². The lowest BCUT2D eigenvalue weighted by Gasteiger charge is -2.22. The van der Waals surface area contributed by atoms with E-state index >= 15 is 0 Å². The van der Waals surface area contributed by atoms with Crippen LogP contribution in [-0.4, -0.2) is 54.3 Å². The molecular formula is C15H25N3O3. The largest absolute Gasteiger partial charge is 0.355 e. The van der Waals surface area contributed by atoms with Crippen LogP contribution in [0.15, 0.2) is 0 Å². The smallest absolute Gasteiger partial charge is 0.234 e. The lowest BCUT2D eigenvalue weighted by molar-refractivity contribution is -0.143. The van der Waals surface area contributed by atoms with E-state index in [9.17, 15) is 14.4 Å². The second-order valence-corrected chi connectivity index (χ2v) is 6.11. The highest BCUT2D eigenvalue weighted by Crippen LogP contribution is 2.37. The molecule has 0 aromatic heterocycles. The van der Waals surface area contributed by atoms with Crippen molar-refractivity contribution in [2.75, 3.05) is 26.8 Å². The molecular weight excluding hydrogens is 270 g/mol. The Labute approximate surface area is 125 Å². The zero-order chi connectivity index (χ0) is 15.4. The number of hydrogen-bond acceptors (Lipinski definition) is 4. The van der Waals surface area contributed by atoms with Crippen molar-refractivity contribution in [3.05, 3.63) is 0 Å². The third-order valence-corrected chi connectivity index (χ3v) is 4.30. The van der Waals surface area contributed by atoms with Crippen molar-refractivity contribution in [1.29, 1.82) is 0 Å². The maximum Gasteiger partial charge on any atom is 0.234 e. The van der Waals surface area contributed by atoms with Gasteiger partial charge in [-0.3, -0.25) is 24.2 Å². The van der Waals surface area contributed by atoms with E-state index in [1.165, 1.54) is 4.90 Å². The SMILES string of the molecule is CCCNC(=O)CN(C)CN1C(=O)[C@H]2CCCC[C@@H]2C1=O. The van der Waals surface area contributed by atoms with E-state index in [1.807, 2.05) is 6.92 Å². The molecule has 0 bridgehead atoms. The summed E-state index contributed by atoms with van der Waals surface area (Å²) >= 11 is 0. The molecule has 2 atom stereocenters. The summed E-state index contributed by atoms with van der Waals surface area (Å²) in [5, 5.41) is 2.79. The van der Waals surface area contributed by atoms with Gasteiger partial charge in [0.05, 0.1) is 25.0 Å². The monoisotopic (exact) mass is 295 g/mol. The van der Waals surface area contributed by atoms with Crippen LogP contribution in [-0.2, 0) is 14.4 Å². The standard InChI is InChI=1S/C15H25N3O3/c1-3-8-16-13(19)9-17(2)10-18-14(20)11-6-4-5-7-12(11)15(18)21/h11-12H,3-10H2,1-2H3,(H,16,19)/t11-,12-/m0/s1. The zero-order valence-electron chi connectivity index (χ0n) is 12.9. The molecule has 1 aliphatic carbocycles. The van der Waals surface area contributed by atoms with Gasteiger partial charge < -0.3 is 5.32 Å². The van der Waals surface area contributed by atoms with Crippen LogP contribution in [0.25, 0.3) is 0 Å². The van der Waals surface area contributed by atoms with Gasteiger partial charge in [-0.1, -0.05) is 19.8 Å². The highest BCUT2D eigenvalue weighted by Gasteiger charge is 2.48. The molecule has 6 nitrogen and oxygen atoms in total. The van der Waals surface area contributed by atoms with Crippen LogP contribution in [0.3, 0.4) is 0 Å². The molecule has 1 aliphatic heterocycles. The third-order valence-electron chi connectivity index (χ3n) is 4.30. The number of hydrogen-bond donors (Lipinski definition) is 1. The van der Waals surface area contributed by atoms with Gasteiger partial charge in [0.15, 0.2) is 0 Å². The third kappa shape index (κ3) is 3.61. The van der Waals surface area contributed by atoms with Gasteiger partial charge in [0.1, 0.15) is 0 Å². The quantitative estimate of drug-likeness (QED) is 0.728. The van der Waals surface area contributed by atoms with E-state index in [4.69, 9.17) is 0 Å². The van der Waals surface area contributed by atoms with Crippen molar-refractivity contribution in [3.63, 3.8) is 0 Å². The summed E-state index contributed by atoms with van der Waals surface area (Å²) in [5.41, 5.74) is 0.